The molecule has 94 valence electrons. The molecule has 0 aromatic rings. The molecule has 0 spiro atoms. The van der Waals surface area contributed by atoms with Crippen molar-refractivity contribution in [3.05, 3.63) is 0 Å². The minimum atomic E-state index is -0.454. The van der Waals surface area contributed by atoms with Crippen LogP contribution in [-0.4, -0.2) is 31.5 Å². The lowest BCUT2D eigenvalue weighted by molar-refractivity contribution is 0.0464. The maximum atomic E-state index is 11.3. The van der Waals surface area contributed by atoms with Gasteiger partial charge in [-0.3, -0.25) is 5.43 Å². The van der Waals surface area contributed by atoms with E-state index in [1.807, 2.05) is 20.8 Å². The number of carbonyl (C=O) groups is 1. The van der Waals surface area contributed by atoms with Crippen LogP contribution in [0.4, 0.5) is 4.79 Å². The van der Waals surface area contributed by atoms with Gasteiger partial charge in [-0.25, -0.2) is 10.2 Å². The van der Waals surface area contributed by atoms with E-state index in [1.165, 1.54) is 0 Å². The molecule has 1 rings (SSSR count). The van der Waals surface area contributed by atoms with E-state index >= 15 is 0 Å². The number of carbonyl (C=O) groups excluding carboxylic acids is 1. The van der Waals surface area contributed by atoms with Gasteiger partial charge in [0, 0.05) is 19.8 Å². The van der Waals surface area contributed by atoms with Gasteiger partial charge in [0.05, 0.1) is 0 Å². The van der Waals surface area contributed by atoms with Gasteiger partial charge in [0.25, 0.3) is 0 Å². The fourth-order valence-electron chi connectivity index (χ4n) is 1.52. The third-order valence-electron chi connectivity index (χ3n) is 2.32. The van der Waals surface area contributed by atoms with Crippen molar-refractivity contribution in [2.75, 3.05) is 19.8 Å². The van der Waals surface area contributed by atoms with Crippen LogP contribution in [0.15, 0.2) is 0 Å². The summed E-state index contributed by atoms with van der Waals surface area (Å²) in [5.74, 6) is 0.573. The van der Waals surface area contributed by atoms with Gasteiger partial charge in [-0.15, -0.1) is 0 Å². The molecule has 0 radical (unpaired) electrons. The molecule has 1 saturated heterocycles. The Balaban J connectivity index is 2.08. The highest BCUT2D eigenvalue weighted by molar-refractivity contribution is 5.66. The largest absolute Gasteiger partial charge is 0.443 e. The zero-order valence-electron chi connectivity index (χ0n) is 10.3. The first-order chi connectivity index (χ1) is 7.47. The number of nitrogens with one attached hydrogen (secondary N) is 2. The number of hydrogen-bond acceptors (Lipinski definition) is 4. The molecule has 1 amide bonds. The zero-order valence-corrected chi connectivity index (χ0v) is 10.3. The van der Waals surface area contributed by atoms with Gasteiger partial charge in [-0.1, -0.05) is 0 Å². The quantitative estimate of drug-likeness (QED) is 0.720. The average molecular weight is 230 g/mol. The van der Waals surface area contributed by atoms with Gasteiger partial charge in [0.1, 0.15) is 5.60 Å². The highest BCUT2D eigenvalue weighted by Crippen LogP contribution is 2.12. The molecule has 0 aromatic heterocycles. The van der Waals surface area contributed by atoms with E-state index in [0.29, 0.717) is 5.92 Å². The highest BCUT2D eigenvalue weighted by Gasteiger charge is 2.17. The van der Waals surface area contributed by atoms with E-state index in [4.69, 9.17) is 9.47 Å². The molecular weight excluding hydrogens is 208 g/mol. The maximum absolute atomic E-state index is 11.3. The topological polar surface area (TPSA) is 59.6 Å². The van der Waals surface area contributed by atoms with Crippen LogP contribution in [-0.2, 0) is 9.47 Å². The second-order valence-electron chi connectivity index (χ2n) is 5.06. The minimum Gasteiger partial charge on any atom is -0.443 e. The van der Waals surface area contributed by atoms with Gasteiger partial charge >= 0.3 is 6.09 Å². The van der Waals surface area contributed by atoms with E-state index < -0.39 is 11.7 Å². The minimum absolute atomic E-state index is 0.431. The Morgan fingerprint density at radius 1 is 1.38 bits per heavy atom. The normalized spacial score (nSPS) is 18.2. The van der Waals surface area contributed by atoms with Gasteiger partial charge in [-0.05, 0) is 39.5 Å². The summed E-state index contributed by atoms with van der Waals surface area (Å²) in [7, 11) is 0. The van der Waals surface area contributed by atoms with Crippen molar-refractivity contribution >= 4 is 6.09 Å². The van der Waals surface area contributed by atoms with Crippen LogP contribution in [0.1, 0.15) is 33.6 Å². The fraction of sp³-hybridized carbons (Fsp3) is 0.909. The van der Waals surface area contributed by atoms with Crippen molar-refractivity contribution in [3.8, 4) is 0 Å². The second-order valence-corrected chi connectivity index (χ2v) is 5.06. The summed E-state index contributed by atoms with van der Waals surface area (Å²) in [6.45, 7) is 7.92. The monoisotopic (exact) mass is 230 g/mol. The Morgan fingerprint density at radius 2 is 2.00 bits per heavy atom. The van der Waals surface area contributed by atoms with Crippen LogP contribution in [0.2, 0.25) is 0 Å². The predicted molar refractivity (Wildman–Crippen MR) is 60.9 cm³/mol. The van der Waals surface area contributed by atoms with Crippen molar-refractivity contribution in [2.24, 2.45) is 5.92 Å². The summed E-state index contributed by atoms with van der Waals surface area (Å²) < 4.78 is 10.3. The van der Waals surface area contributed by atoms with E-state index in [2.05, 4.69) is 10.9 Å². The van der Waals surface area contributed by atoms with Gasteiger partial charge < -0.3 is 9.47 Å². The Morgan fingerprint density at radius 3 is 2.56 bits per heavy atom. The van der Waals surface area contributed by atoms with Gasteiger partial charge in [-0.2, -0.15) is 0 Å². The SMILES string of the molecule is CC(C)(C)OC(=O)NNCC1CCOCC1. The van der Waals surface area contributed by atoms with Crippen LogP contribution >= 0.6 is 0 Å². The maximum Gasteiger partial charge on any atom is 0.422 e. The summed E-state index contributed by atoms with van der Waals surface area (Å²) in [5.41, 5.74) is 4.98. The molecule has 0 unspecified atom stereocenters. The highest BCUT2D eigenvalue weighted by atomic mass is 16.6. The molecule has 5 nitrogen and oxygen atoms in total. The first-order valence-corrected chi connectivity index (χ1v) is 5.77. The molecular formula is C11H22N2O3. The third kappa shape index (κ3) is 5.92. The van der Waals surface area contributed by atoms with Crippen molar-refractivity contribution in [2.45, 2.75) is 39.2 Å². The molecule has 0 atom stereocenters. The van der Waals surface area contributed by atoms with Crippen molar-refractivity contribution in [1.82, 2.24) is 10.9 Å². The Kier molecular flexibility index (Phi) is 5.02. The summed E-state index contributed by atoms with van der Waals surface area (Å²) >= 11 is 0. The average Bonchev–Trinajstić information content (AvgIpc) is 2.16. The number of rotatable bonds is 3. The molecule has 16 heavy (non-hydrogen) atoms. The lowest BCUT2D eigenvalue weighted by atomic mass is 10.0. The summed E-state index contributed by atoms with van der Waals surface area (Å²) in [6, 6.07) is 0. The number of hydrazine groups is 1. The Hall–Kier alpha value is -0.810. The van der Waals surface area contributed by atoms with E-state index in [9.17, 15) is 4.79 Å². The molecule has 0 bridgehead atoms. The zero-order chi connectivity index (χ0) is 12.0. The molecule has 0 aliphatic carbocycles. The van der Waals surface area contributed by atoms with Gasteiger partial charge in [0.2, 0.25) is 0 Å². The van der Waals surface area contributed by atoms with E-state index in [0.717, 1.165) is 32.6 Å². The standard InChI is InChI=1S/C11H22N2O3/c1-11(2,3)16-10(14)13-12-8-9-4-6-15-7-5-9/h9,12H,4-8H2,1-3H3,(H,13,14). The first kappa shape index (κ1) is 13.3. The van der Waals surface area contributed by atoms with Crippen LogP contribution in [0.3, 0.4) is 0 Å². The molecule has 1 heterocycles. The fourth-order valence-corrected chi connectivity index (χ4v) is 1.52. The van der Waals surface area contributed by atoms with Crippen molar-refractivity contribution in [3.63, 3.8) is 0 Å². The van der Waals surface area contributed by atoms with Crippen molar-refractivity contribution < 1.29 is 14.3 Å². The molecule has 1 fully saturated rings. The number of ether oxygens (including phenoxy) is 2. The van der Waals surface area contributed by atoms with Crippen LogP contribution < -0.4 is 10.9 Å². The molecule has 2 N–H and O–H groups in total. The summed E-state index contributed by atoms with van der Waals surface area (Å²) in [6.07, 6.45) is 1.66. The lowest BCUT2D eigenvalue weighted by Crippen LogP contribution is -2.43. The Bertz CT molecular complexity index is 220. The number of hydrogen-bond donors (Lipinski definition) is 2. The number of amides is 1. The Labute approximate surface area is 96.8 Å². The smallest absolute Gasteiger partial charge is 0.422 e. The van der Waals surface area contributed by atoms with Crippen molar-refractivity contribution in [1.29, 1.82) is 0 Å². The summed E-state index contributed by atoms with van der Waals surface area (Å²) in [4.78, 5) is 11.3. The van der Waals surface area contributed by atoms with Crippen LogP contribution in [0.25, 0.3) is 0 Å². The molecule has 0 saturated carbocycles. The third-order valence-corrected chi connectivity index (χ3v) is 2.32. The van der Waals surface area contributed by atoms with Crippen LogP contribution in [0.5, 0.6) is 0 Å². The van der Waals surface area contributed by atoms with E-state index in [1.54, 1.807) is 0 Å². The molecule has 1 aliphatic rings. The molecule has 1 aliphatic heterocycles. The second kappa shape index (κ2) is 6.06. The van der Waals surface area contributed by atoms with E-state index in [-0.39, 0.29) is 0 Å². The summed E-state index contributed by atoms with van der Waals surface area (Å²) in [5, 5.41) is 0. The van der Waals surface area contributed by atoms with Gasteiger partial charge in [0.15, 0.2) is 0 Å². The van der Waals surface area contributed by atoms with Crippen LogP contribution in [0, 0.1) is 5.92 Å². The predicted octanol–water partition coefficient (Wildman–Crippen LogP) is 1.44. The molecule has 5 heteroatoms. The first-order valence-electron chi connectivity index (χ1n) is 5.77. The lowest BCUT2D eigenvalue weighted by Gasteiger charge is -2.23. The molecule has 0 aromatic carbocycles.